The van der Waals surface area contributed by atoms with Gasteiger partial charge in [-0.25, -0.2) is 0 Å². The Morgan fingerprint density at radius 3 is 2.62 bits per heavy atom. The molecule has 1 aromatic heterocycles. The fourth-order valence-electron chi connectivity index (χ4n) is 2.67. The van der Waals surface area contributed by atoms with Crippen molar-refractivity contribution in [3.8, 4) is 0 Å². The molecule has 1 aliphatic carbocycles. The van der Waals surface area contributed by atoms with Crippen molar-refractivity contribution in [3.63, 3.8) is 0 Å². The molecular weight excluding hydrogens is 268 g/mol. The zero-order valence-corrected chi connectivity index (χ0v) is 12.7. The van der Waals surface area contributed by atoms with Crippen molar-refractivity contribution >= 4 is 5.91 Å². The van der Waals surface area contributed by atoms with Gasteiger partial charge in [-0.15, -0.1) is 0 Å². The molecule has 0 aromatic carbocycles. The minimum atomic E-state index is 0.162. The average Bonchev–Trinajstić information content (AvgIpc) is 3.24. The average molecular weight is 290 g/mol. The van der Waals surface area contributed by atoms with E-state index in [0.717, 1.165) is 32.0 Å². The maximum absolute atomic E-state index is 12.2. The number of hydrogen-bond donors (Lipinski definition) is 0. The summed E-state index contributed by atoms with van der Waals surface area (Å²) >= 11 is 0. The predicted octanol–water partition coefficient (Wildman–Crippen LogP) is 1.38. The van der Waals surface area contributed by atoms with Crippen molar-refractivity contribution in [3.05, 3.63) is 23.4 Å². The van der Waals surface area contributed by atoms with Crippen LogP contribution in [0, 0.1) is 12.8 Å². The van der Waals surface area contributed by atoms with Crippen molar-refractivity contribution in [2.45, 2.75) is 33.2 Å². The predicted molar refractivity (Wildman–Crippen MR) is 77.4 cm³/mol. The van der Waals surface area contributed by atoms with E-state index in [-0.39, 0.29) is 5.91 Å². The van der Waals surface area contributed by atoms with Crippen LogP contribution in [0.2, 0.25) is 0 Å². The van der Waals surface area contributed by atoms with E-state index in [9.17, 15) is 4.79 Å². The molecule has 0 bridgehead atoms. The van der Waals surface area contributed by atoms with Crippen molar-refractivity contribution in [1.29, 1.82) is 0 Å². The smallest absolute Gasteiger partial charge is 0.246 e. The van der Waals surface area contributed by atoms with Gasteiger partial charge in [0.1, 0.15) is 0 Å². The second-order valence-corrected chi connectivity index (χ2v) is 5.99. The first-order valence-electron chi connectivity index (χ1n) is 7.60. The Balaban J connectivity index is 1.48. The maximum Gasteiger partial charge on any atom is 0.246 e. The van der Waals surface area contributed by atoms with Crippen LogP contribution < -0.4 is 0 Å². The van der Waals surface area contributed by atoms with E-state index in [0.29, 0.717) is 18.4 Å². The number of aryl methyl sites for hydroxylation is 1. The molecule has 1 aliphatic heterocycles. The molecule has 1 saturated heterocycles. The molecule has 1 aromatic rings. The highest BCUT2D eigenvalue weighted by Crippen LogP contribution is 2.35. The lowest BCUT2D eigenvalue weighted by molar-refractivity contribution is -0.127. The summed E-state index contributed by atoms with van der Waals surface area (Å²) in [6.07, 6.45) is 4.32. The van der Waals surface area contributed by atoms with E-state index in [2.05, 4.69) is 22.0 Å². The van der Waals surface area contributed by atoms with Crippen molar-refractivity contribution in [1.82, 2.24) is 19.9 Å². The van der Waals surface area contributed by atoms with E-state index >= 15 is 0 Å². The monoisotopic (exact) mass is 290 g/mol. The van der Waals surface area contributed by atoms with Crippen LogP contribution in [0.15, 0.2) is 16.2 Å². The summed E-state index contributed by atoms with van der Waals surface area (Å²) < 4.78 is 4.98. The molecule has 6 heteroatoms. The van der Waals surface area contributed by atoms with E-state index in [1.165, 1.54) is 18.4 Å². The molecule has 114 valence electrons. The third-order valence-corrected chi connectivity index (χ3v) is 4.19. The van der Waals surface area contributed by atoms with Gasteiger partial charge in [0.25, 0.3) is 0 Å². The Labute approximate surface area is 124 Å². The summed E-state index contributed by atoms with van der Waals surface area (Å²) in [5.41, 5.74) is 1.24. The van der Waals surface area contributed by atoms with Gasteiger partial charge in [-0.1, -0.05) is 10.7 Å². The zero-order valence-electron chi connectivity index (χ0n) is 12.7. The van der Waals surface area contributed by atoms with E-state index < -0.39 is 0 Å². The molecule has 1 amide bonds. The second-order valence-electron chi connectivity index (χ2n) is 5.99. The van der Waals surface area contributed by atoms with Crippen molar-refractivity contribution in [2.75, 3.05) is 26.2 Å². The molecule has 0 unspecified atom stereocenters. The van der Waals surface area contributed by atoms with Crippen LogP contribution in [0.25, 0.3) is 0 Å². The van der Waals surface area contributed by atoms with Gasteiger partial charge in [0.05, 0.1) is 6.54 Å². The number of aromatic nitrogens is 2. The summed E-state index contributed by atoms with van der Waals surface area (Å²) in [5, 5.41) is 3.91. The third kappa shape index (κ3) is 3.69. The highest BCUT2D eigenvalue weighted by atomic mass is 16.5. The zero-order chi connectivity index (χ0) is 14.8. The number of carbonyl (C=O) groups is 1. The molecule has 0 atom stereocenters. The molecule has 1 saturated carbocycles. The van der Waals surface area contributed by atoms with Crippen LogP contribution in [0.5, 0.6) is 0 Å². The van der Waals surface area contributed by atoms with Gasteiger partial charge >= 0.3 is 0 Å². The normalized spacial score (nSPS) is 20.9. The van der Waals surface area contributed by atoms with E-state index in [1.807, 2.05) is 11.0 Å². The number of carbonyl (C=O) groups excluding carboxylic acids is 1. The van der Waals surface area contributed by atoms with Gasteiger partial charge in [-0.2, -0.15) is 4.98 Å². The molecule has 2 heterocycles. The van der Waals surface area contributed by atoms with Gasteiger partial charge in [0, 0.05) is 39.2 Å². The van der Waals surface area contributed by atoms with Gasteiger partial charge in [-0.05, 0) is 25.7 Å². The fraction of sp³-hybridized carbons (Fsp3) is 0.667. The van der Waals surface area contributed by atoms with Crippen LogP contribution in [0.4, 0.5) is 0 Å². The molecular formula is C15H22N4O2. The molecule has 0 spiro atoms. The van der Waals surface area contributed by atoms with Crippen LogP contribution >= 0.6 is 0 Å². The minimum Gasteiger partial charge on any atom is -0.340 e. The van der Waals surface area contributed by atoms with Crippen LogP contribution in [-0.4, -0.2) is 52.0 Å². The Morgan fingerprint density at radius 1 is 1.33 bits per heavy atom. The number of piperazine rings is 1. The summed E-state index contributed by atoms with van der Waals surface area (Å²) in [5.74, 6) is 2.14. The summed E-state index contributed by atoms with van der Waals surface area (Å²) in [7, 11) is 0. The molecule has 2 fully saturated rings. The number of hydrogen-bond acceptors (Lipinski definition) is 5. The molecule has 21 heavy (non-hydrogen) atoms. The summed E-state index contributed by atoms with van der Waals surface area (Å²) in [6, 6.07) is 0. The number of amides is 1. The second kappa shape index (κ2) is 5.97. The fourth-order valence-corrected chi connectivity index (χ4v) is 2.67. The van der Waals surface area contributed by atoms with Crippen LogP contribution in [-0.2, 0) is 11.3 Å². The van der Waals surface area contributed by atoms with Crippen LogP contribution in [0.1, 0.15) is 31.5 Å². The Kier molecular flexibility index (Phi) is 4.05. The number of allylic oxidation sites excluding steroid dienone is 1. The molecule has 3 rings (SSSR count). The maximum atomic E-state index is 12.2. The lowest BCUT2D eigenvalue weighted by Gasteiger charge is -2.33. The number of nitrogens with zero attached hydrogens (tertiary/aromatic N) is 4. The van der Waals surface area contributed by atoms with E-state index in [1.54, 1.807) is 6.92 Å². The summed E-state index contributed by atoms with van der Waals surface area (Å²) in [4.78, 5) is 20.6. The van der Waals surface area contributed by atoms with E-state index in [4.69, 9.17) is 4.52 Å². The standard InChI is InChI=1S/C15H22N4O2/c1-11(13-3-4-13)9-15(20)19-7-5-18(6-8-19)10-14-16-12(2)21-17-14/h9,13H,3-8,10H2,1-2H3/b11-9+. The van der Waals surface area contributed by atoms with Crippen molar-refractivity contribution in [2.24, 2.45) is 5.92 Å². The largest absolute Gasteiger partial charge is 0.340 e. The first kappa shape index (κ1) is 14.3. The first-order valence-corrected chi connectivity index (χ1v) is 7.60. The van der Waals surface area contributed by atoms with Gasteiger partial charge in [-0.3, -0.25) is 9.69 Å². The van der Waals surface area contributed by atoms with Gasteiger partial charge in [0.2, 0.25) is 11.8 Å². The van der Waals surface area contributed by atoms with Gasteiger partial charge in [0.15, 0.2) is 5.82 Å². The SMILES string of the molecule is C/C(=C\C(=O)N1CCN(Cc2noc(C)n2)CC1)C1CC1. The molecule has 0 radical (unpaired) electrons. The Hall–Kier alpha value is -1.69. The molecule has 2 aliphatic rings. The molecule has 6 nitrogen and oxygen atoms in total. The Bertz CT molecular complexity index is 540. The lowest BCUT2D eigenvalue weighted by Crippen LogP contribution is -2.48. The highest BCUT2D eigenvalue weighted by Gasteiger charge is 2.25. The highest BCUT2D eigenvalue weighted by molar-refractivity contribution is 5.88. The lowest BCUT2D eigenvalue weighted by atomic mass is 10.1. The number of rotatable bonds is 4. The first-order chi connectivity index (χ1) is 10.1. The van der Waals surface area contributed by atoms with Crippen LogP contribution in [0.3, 0.4) is 0 Å². The van der Waals surface area contributed by atoms with Crippen molar-refractivity contribution < 1.29 is 9.32 Å². The minimum absolute atomic E-state index is 0.162. The third-order valence-electron chi connectivity index (χ3n) is 4.19. The Morgan fingerprint density at radius 2 is 2.05 bits per heavy atom. The quantitative estimate of drug-likeness (QED) is 0.784. The summed E-state index contributed by atoms with van der Waals surface area (Å²) in [6.45, 7) is 7.81. The van der Waals surface area contributed by atoms with Gasteiger partial charge < -0.3 is 9.42 Å². The topological polar surface area (TPSA) is 62.5 Å². The molecule has 0 N–H and O–H groups in total.